The molecule has 1 saturated carbocycles. The normalized spacial score (nSPS) is 13.5. The number of amides is 1. The van der Waals surface area contributed by atoms with Crippen LogP contribution in [0.3, 0.4) is 0 Å². The lowest BCUT2D eigenvalue weighted by molar-refractivity contribution is 0.0511. The zero-order valence-corrected chi connectivity index (χ0v) is 24.3. The van der Waals surface area contributed by atoms with Crippen molar-refractivity contribution in [2.24, 2.45) is 11.7 Å². The molecule has 42 heavy (non-hydrogen) atoms. The van der Waals surface area contributed by atoms with Gasteiger partial charge in [-0.05, 0) is 48.9 Å². The lowest BCUT2D eigenvalue weighted by Crippen LogP contribution is -2.27. The largest absolute Gasteiger partial charge is 0.378 e. The van der Waals surface area contributed by atoms with Crippen LogP contribution >= 0.6 is 0 Å². The van der Waals surface area contributed by atoms with E-state index in [4.69, 9.17) is 15.2 Å². The maximum atomic E-state index is 12.7. The third kappa shape index (κ3) is 11.2. The topological polar surface area (TPSA) is 148 Å². The summed E-state index contributed by atoms with van der Waals surface area (Å²) < 4.78 is 10.7. The zero-order chi connectivity index (χ0) is 29.2. The molecule has 0 unspecified atom stereocenters. The van der Waals surface area contributed by atoms with Crippen molar-refractivity contribution < 1.29 is 14.3 Å². The number of nitrogens with zero attached hydrogens (tertiary/aromatic N) is 3. The van der Waals surface area contributed by atoms with Gasteiger partial charge in [0.05, 0.1) is 26.4 Å². The first-order valence-electron chi connectivity index (χ1n) is 15.0. The molecule has 1 heterocycles. The number of anilines is 4. The van der Waals surface area contributed by atoms with E-state index in [9.17, 15) is 4.79 Å². The lowest BCUT2D eigenvalue weighted by Gasteiger charge is -2.21. The van der Waals surface area contributed by atoms with Gasteiger partial charge in [0.15, 0.2) is 0 Å². The van der Waals surface area contributed by atoms with Crippen LogP contribution in [0, 0.1) is 5.92 Å². The van der Waals surface area contributed by atoms with Crippen LogP contribution in [0.2, 0.25) is 0 Å². The molecule has 2 aromatic carbocycles. The smallest absolute Gasteiger partial charge is 0.251 e. The van der Waals surface area contributed by atoms with Crippen LogP contribution in [0.4, 0.5) is 23.5 Å². The number of nitrogens with one attached hydrogen (secondary N) is 4. The Morgan fingerprint density at radius 3 is 2.33 bits per heavy atom. The van der Waals surface area contributed by atoms with Crippen LogP contribution in [0.25, 0.3) is 0 Å². The molecule has 1 aliphatic carbocycles. The molecule has 11 heteroatoms. The molecule has 0 atom stereocenters. The Morgan fingerprint density at radius 1 is 0.810 bits per heavy atom. The van der Waals surface area contributed by atoms with E-state index in [0.29, 0.717) is 81.1 Å². The van der Waals surface area contributed by atoms with Crippen molar-refractivity contribution in [1.82, 2.24) is 20.3 Å². The van der Waals surface area contributed by atoms with Gasteiger partial charge in [0.2, 0.25) is 17.8 Å². The fraction of sp³-hybridized carbons (Fsp3) is 0.484. The molecule has 0 spiro atoms. The van der Waals surface area contributed by atoms with Gasteiger partial charge in [-0.1, -0.05) is 55.7 Å². The Hall–Kier alpha value is -3.80. The highest BCUT2D eigenvalue weighted by Crippen LogP contribution is 2.24. The van der Waals surface area contributed by atoms with E-state index < -0.39 is 0 Å². The molecule has 226 valence electrons. The highest BCUT2D eigenvalue weighted by Gasteiger charge is 2.15. The molecule has 1 amide bonds. The van der Waals surface area contributed by atoms with Gasteiger partial charge in [-0.25, -0.2) is 0 Å². The third-order valence-electron chi connectivity index (χ3n) is 7.00. The second-order valence-electron chi connectivity index (χ2n) is 10.3. The van der Waals surface area contributed by atoms with Crippen molar-refractivity contribution in [2.45, 2.75) is 38.5 Å². The Morgan fingerprint density at radius 2 is 1.55 bits per heavy atom. The molecule has 3 aromatic rings. The highest BCUT2D eigenvalue weighted by atomic mass is 16.5. The van der Waals surface area contributed by atoms with Gasteiger partial charge in [-0.2, -0.15) is 15.0 Å². The Balaban J connectivity index is 1.34. The van der Waals surface area contributed by atoms with Crippen LogP contribution in [0.1, 0.15) is 48.0 Å². The first-order valence-corrected chi connectivity index (χ1v) is 15.0. The summed E-state index contributed by atoms with van der Waals surface area (Å²) in [5, 5.41) is 12.9. The molecule has 1 aliphatic rings. The van der Waals surface area contributed by atoms with Gasteiger partial charge in [-0.15, -0.1) is 0 Å². The minimum Gasteiger partial charge on any atom is -0.378 e. The summed E-state index contributed by atoms with van der Waals surface area (Å²) in [5.41, 5.74) is 7.86. The molecule has 11 nitrogen and oxygen atoms in total. The summed E-state index contributed by atoms with van der Waals surface area (Å²) in [7, 11) is 0. The predicted octanol–water partition coefficient (Wildman–Crippen LogP) is 3.98. The zero-order valence-electron chi connectivity index (χ0n) is 24.3. The fourth-order valence-corrected chi connectivity index (χ4v) is 4.79. The fourth-order valence-electron chi connectivity index (χ4n) is 4.79. The van der Waals surface area contributed by atoms with E-state index >= 15 is 0 Å². The first kappa shape index (κ1) is 31.1. The van der Waals surface area contributed by atoms with Crippen molar-refractivity contribution in [2.75, 3.05) is 68.6 Å². The molecule has 0 aliphatic heterocycles. The van der Waals surface area contributed by atoms with E-state index in [1.54, 1.807) is 12.1 Å². The molecular weight excluding hydrogens is 532 g/mol. The Labute approximate surface area is 248 Å². The monoisotopic (exact) mass is 576 g/mol. The Kier molecular flexibility index (Phi) is 13.3. The van der Waals surface area contributed by atoms with Gasteiger partial charge < -0.3 is 36.5 Å². The number of hydrogen-bond acceptors (Lipinski definition) is 10. The number of hydrogen-bond donors (Lipinski definition) is 5. The SMILES string of the molecule is NCCOCCOCCNC(=O)c1cccc(Nc2nc(NCCc3ccccc3)nc(NCC3CCCCC3)n2)c1. The Bertz CT molecular complexity index is 1210. The van der Waals surface area contributed by atoms with Gasteiger partial charge in [0.25, 0.3) is 5.91 Å². The maximum Gasteiger partial charge on any atom is 0.251 e. The van der Waals surface area contributed by atoms with Crippen LogP contribution in [0.5, 0.6) is 0 Å². The molecule has 4 rings (SSSR count). The minimum atomic E-state index is -0.185. The van der Waals surface area contributed by atoms with E-state index in [1.165, 1.54) is 37.7 Å². The summed E-state index contributed by atoms with van der Waals surface area (Å²) in [6.45, 7) is 4.27. The number of carbonyl (C=O) groups excluding carboxylic acids is 1. The maximum absolute atomic E-state index is 12.7. The number of rotatable bonds is 18. The van der Waals surface area contributed by atoms with Crippen molar-refractivity contribution in [3.05, 3.63) is 65.7 Å². The van der Waals surface area contributed by atoms with Gasteiger partial charge in [0.1, 0.15) is 0 Å². The second-order valence-corrected chi connectivity index (χ2v) is 10.3. The molecule has 0 saturated heterocycles. The number of benzene rings is 2. The molecular formula is C31H44N8O3. The average molecular weight is 577 g/mol. The van der Waals surface area contributed by atoms with Crippen molar-refractivity contribution in [3.63, 3.8) is 0 Å². The predicted molar refractivity (Wildman–Crippen MR) is 166 cm³/mol. The molecule has 6 N–H and O–H groups in total. The minimum absolute atomic E-state index is 0.185. The van der Waals surface area contributed by atoms with Crippen molar-refractivity contribution in [1.29, 1.82) is 0 Å². The lowest BCUT2D eigenvalue weighted by atomic mass is 9.89. The summed E-state index contributed by atoms with van der Waals surface area (Å²) >= 11 is 0. The molecule has 0 bridgehead atoms. The summed E-state index contributed by atoms with van der Waals surface area (Å²) in [4.78, 5) is 26.6. The van der Waals surface area contributed by atoms with E-state index in [2.05, 4.69) is 48.4 Å². The van der Waals surface area contributed by atoms with Crippen LogP contribution in [0.15, 0.2) is 54.6 Å². The quantitative estimate of drug-likeness (QED) is 0.141. The van der Waals surface area contributed by atoms with Crippen LogP contribution in [-0.4, -0.2) is 73.5 Å². The van der Waals surface area contributed by atoms with Gasteiger partial charge >= 0.3 is 0 Å². The summed E-state index contributed by atoms with van der Waals surface area (Å²) in [6.07, 6.45) is 7.20. The first-order chi connectivity index (χ1) is 20.7. The molecule has 1 aromatic heterocycles. The third-order valence-corrected chi connectivity index (χ3v) is 7.00. The molecule has 1 fully saturated rings. The number of nitrogens with two attached hydrogens (primary N) is 1. The second kappa shape index (κ2) is 17.9. The van der Waals surface area contributed by atoms with E-state index in [0.717, 1.165) is 13.0 Å². The summed E-state index contributed by atoms with van der Waals surface area (Å²) in [6, 6.07) is 17.6. The molecule has 0 radical (unpaired) electrons. The average Bonchev–Trinajstić information content (AvgIpc) is 3.02. The van der Waals surface area contributed by atoms with E-state index in [1.807, 2.05) is 30.3 Å². The number of carbonyl (C=O) groups is 1. The number of ether oxygens (including phenoxy) is 2. The van der Waals surface area contributed by atoms with Crippen molar-refractivity contribution in [3.8, 4) is 0 Å². The van der Waals surface area contributed by atoms with E-state index in [-0.39, 0.29) is 5.91 Å². The van der Waals surface area contributed by atoms with Gasteiger partial charge in [0, 0.05) is 37.4 Å². The van der Waals surface area contributed by atoms with Crippen LogP contribution in [-0.2, 0) is 15.9 Å². The standard InChI is InChI=1S/C31H44N8O3/c32-15-18-41-20-21-42-19-17-33-28(40)26-12-7-13-27(22-26)36-31-38-29(34-16-14-24-8-3-1-4-9-24)37-30(39-31)35-23-25-10-5-2-6-11-25/h1,3-4,7-9,12-13,22,25H,2,5-6,10-11,14-21,23,32H2,(H,33,40)(H3,34,35,36,37,38,39). The highest BCUT2D eigenvalue weighted by molar-refractivity contribution is 5.95. The van der Waals surface area contributed by atoms with Crippen LogP contribution < -0.4 is 27.0 Å². The van der Waals surface area contributed by atoms with Gasteiger partial charge in [-0.3, -0.25) is 4.79 Å². The summed E-state index contributed by atoms with van der Waals surface area (Å²) in [5.74, 6) is 1.88. The van der Waals surface area contributed by atoms with Crippen molar-refractivity contribution >= 4 is 29.4 Å². The number of aromatic nitrogens is 3.